The molecule has 0 spiro atoms. The molecular weight excluding hydrogens is 360 g/mol. The van der Waals surface area contributed by atoms with Gasteiger partial charge in [-0.05, 0) is 63.9 Å². The third-order valence-electron chi connectivity index (χ3n) is 5.79. The number of aliphatic imine (C=N–C) groups is 1. The summed E-state index contributed by atoms with van der Waals surface area (Å²) in [4.78, 5) is 8.86. The molecule has 2 atom stereocenters. The van der Waals surface area contributed by atoms with E-state index in [0.29, 0.717) is 12.5 Å². The van der Waals surface area contributed by atoms with E-state index < -0.39 is 11.6 Å². The first-order valence-electron chi connectivity index (χ1n) is 10.4. The largest absolute Gasteiger partial charge is 0.356 e. The number of hydrogen-bond donors (Lipinski definition) is 2. The fourth-order valence-corrected chi connectivity index (χ4v) is 4.29. The molecule has 2 aliphatic heterocycles. The molecule has 3 rings (SSSR count). The predicted octanol–water partition coefficient (Wildman–Crippen LogP) is 2.44. The SMILES string of the molecule is CN=C(NCC1CCCN(C)C1)NC1CCCN(Cc2c(F)cccc2F)C1. The third-order valence-corrected chi connectivity index (χ3v) is 5.79. The number of rotatable bonds is 5. The molecule has 2 saturated heterocycles. The highest BCUT2D eigenvalue weighted by Gasteiger charge is 2.23. The second kappa shape index (κ2) is 10.2. The van der Waals surface area contributed by atoms with E-state index in [0.717, 1.165) is 45.0 Å². The quantitative estimate of drug-likeness (QED) is 0.596. The van der Waals surface area contributed by atoms with Crippen molar-refractivity contribution in [1.29, 1.82) is 0 Å². The maximum Gasteiger partial charge on any atom is 0.191 e. The normalized spacial score (nSPS) is 24.9. The zero-order valence-electron chi connectivity index (χ0n) is 17.1. The number of piperidine rings is 2. The van der Waals surface area contributed by atoms with Gasteiger partial charge >= 0.3 is 0 Å². The Labute approximate surface area is 167 Å². The van der Waals surface area contributed by atoms with Crippen LogP contribution in [0.5, 0.6) is 0 Å². The lowest BCUT2D eigenvalue weighted by molar-refractivity contribution is 0.187. The lowest BCUT2D eigenvalue weighted by atomic mass is 9.98. The van der Waals surface area contributed by atoms with Crippen molar-refractivity contribution in [3.05, 3.63) is 35.4 Å². The van der Waals surface area contributed by atoms with Gasteiger partial charge in [0, 0.05) is 44.8 Å². The second-order valence-corrected chi connectivity index (χ2v) is 8.14. The predicted molar refractivity (Wildman–Crippen MR) is 109 cm³/mol. The Morgan fingerprint density at radius 3 is 2.61 bits per heavy atom. The van der Waals surface area contributed by atoms with Crippen molar-refractivity contribution in [1.82, 2.24) is 20.4 Å². The van der Waals surface area contributed by atoms with Crippen molar-refractivity contribution in [3.63, 3.8) is 0 Å². The van der Waals surface area contributed by atoms with E-state index in [2.05, 4.69) is 32.5 Å². The average Bonchev–Trinajstić information content (AvgIpc) is 2.68. The smallest absolute Gasteiger partial charge is 0.191 e. The Morgan fingerprint density at radius 2 is 1.89 bits per heavy atom. The van der Waals surface area contributed by atoms with Gasteiger partial charge in [-0.1, -0.05) is 6.07 Å². The van der Waals surface area contributed by atoms with E-state index in [1.165, 1.54) is 37.6 Å². The molecule has 2 N–H and O–H groups in total. The lowest BCUT2D eigenvalue weighted by Gasteiger charge is -2.34. The van der Waals surface area contributed by atoms with Gasteiger partial charge in [0.2, 0.25) is 0 Å². The van der Waals surface area contributed by atoms with Gasteiger partial charge in [0.1, 0.15) is 11.6 Å². The summed E-state index contributed by atoms with van der Waals surface area (Å²) in [5.41, 5.74) is 0.159. The molecular formula is C21H33F2N5. The molecule has 0 radical (unpaired) electrons. The minimum Gasteiger partial charge on any atom is -0.356 e. The number of halogens is 2. The number of guanidine groups is 1. The summed E-state index contributed by atoms with van der Waals surface area (Å²) in [5.74, 6) is 0.524. The van der Waals surface area contributed by atoms with Crippen LogP contribution in [0.1, 0.15) is 31.2 Å². The molecule has 1 aromatic rings. The Bertz CT molecular complexity index is 646. The third kappa shape index (κ3) is 5.88. The van der Waals surface area contributed by atoms with Crippen LogP contribution >= 0.6 is 0 Å². The summed E-state index contributed by atoms with van der Waals surface area (Å²) in [7, 11) is 3.96. The van der Waals surface area contributed by atoms with Crippen LogP contribution in [-0.4, -0.2) is 68.6 Å². The highest BCUT2D eigenvalue weighted by atomic mass is 19.1. The molecule has 156 valence electrons. The summed E-state index contributed by atoms with van der Waals surface area (Å²) < 4.78 is 27.9. The Morgan fingerprint density at radius 1 is 1.14 bits per heavy atom. The zero-order chi connectivity index (χ0) is 19.9. The highest BCUT2D eigenvalue weighted by molar-refractivity contribution is 5.80. The maximum absolute atomic E-state index is 14.0. The topological polar surface area (TPSA) is 42.9 Å². The summed E-state index contributed by atoms with van der Waals surface area (Å²) in [6.45, 7) is 5.13. The Kier molecular flexibility index (Phi) is 7.62. The van der Waals surface area contributed by atoms with Crippen molar-refractivity contribution in [3.8, 4) is 0 Å². The van der Waals surface area contributed by atoms with Crippen molar-refractivity contribution < 1.29 is 8.78 Å². The fourth-order valence-electron chi connectivity index (χ4n) is 4.29. The van der Waals surface area contributed by atoms with Crippen molar-refractivity contribution in [2.45, 2.75) is 38.3 Å². The molecule has 2 unspecified atom stereocenters. The summed E-state index contributed by atoms with van der Waals surface area (Å²) in [6, 6.07) is 4.29. The van der Waals surface area contributed by atoms with Crippen LogP contribution in [0, 0.1) is 17.6 Å². The molecule has 0 bridgehead atoms. The molecule has 0 amide bonds. The van der Waals surface area contributed by atoms with Crippen molar-refractivity contribution >= 4 is 5.96 Å². The molecule has 7 heteroatoms. The van der Waals surface area contributed by atoms with Gasteiger partial charge in [0.15, 0.2) is 5.96 Å². The van der Waals surface area contributed by atoms with Crippen molar-refractivity contribution in [2.75, 3.05) is 46.8 Å². The maximum atomic E-state index is 14.0. The van der Waals surface area contributed by atoms with Crippen LogP contribution in [0.4, 0.5) is 8.78 Å². The molecule has 5 nitrogen and oxygen atoms in total. The van der Waals surface area contributed by atoms with E-state index in [-0.39, 0.29) is 11.6 Å². The monoisotopic (exact) mass is 393 g/mol. The van der Waals surface area contributed by atoms with Gasteiger partial charge in [-0.3, -0.25) is 9.89 Å². The molecule has 2 aliphatic rings. The first kappa shape index (κ1) is 21.0. The summed E-state index contributed by atoms with van der Waals surface area (Å²) >= 11 is 0. The minimum atomic E-state index is -0.468. The zero-order valence-corrected chi connectivity index (χ0v) is 17.1. The van der Waals surface area contributed by atoms with Gasteiger partial charge in [-0.15, -0.1) is 0 Å². The molecule has 0 saturated carbocycles. The van der Waals surface area contributed by atoms with Crippen LogP contribution in [0.25, 0.3) is 0 Å². The number of nitrogens with zero attached hydrogens (tertiary/aromatic N) is 3. The average molecular weight is 394 g/mol. The molecule has 0 aromatic heterocycles. The minimum absolute atomic E-state index is 0.159. The number of benzene rings is 1. The lowest BCUT2D eigenvalue weighted by Crippen LogP contribution is -2.52. The van der Waals surface area contributed by atoms with Crippen LogP contribution < -0.4 is 10.6 Å². The molecule has 2 heterocycles. The van der Waals surface area contributed by atoms with E-state index >= 15 is 0 Å². The van der Waals surface area contributed by atoms with Gasteiger partial charge in [-0.25, -0.2) is 8.78 Å². The number of hydrogen-bond acceptors (Lipinski definition) is 3. The molecule has 0 aliphatic carbocycles. The van der Waals surface area contributed by atoms with Gasteiger partial charge in [-0.2, -0.15) is 0 Å². The molecule has 28 heavy (non-hydrogen) atoms. The van der Waals surface area contributed by atoms with Gasteiger partial charge in [0.05, 0.1) is 0 Å². The Balaban J connectivity index is 1.49. The number of nitrogens with one attached hydrogen (secondary N) is 2. The highest BCUT2D eigenvalue weighted by Crippen LogP contribution is 2.18. The van der Waals surface area contributed by atoms with E-state index in [1.54, 1.807) is 7.05 Å². The first-order chi connectivity index (χ1) is 13.5. The van der Waals surface area contributed by atoms with E-state index in [4.69, 9.17) is 0 Å². The summed E-state index contributed by atoms with van der Waals surface area (Å²) in [5, 5.41) is 6.96. The van der Waals surface area contributed by atoms with Crippen LogP contribution in [-0.2, 0) is 6.54 Å². The van der Waals surface area contributed by atoms with Gasteiger partial charge in [0.25, 0.3) is 0 Å². The van der Waals surface area contributed by atoms with E-state index in [9.17, 15) is 8.78 Å². The fraction of sp³-hybridized carbons (Fsp3) is 0.667. The molecule has 2 fully saturated rings. The summed E-state index contributed by atoms with van der Waals surface area (Å²) in [6.07, 6.45) is 4.53. The van der Waals surface area contributed by atoms with Crippen LogP contribution in [0.2, 0.25) is 0 Å². The van der Waals surface area contributed by atoms with Gasteiger partial charge < -0.3 is 15.5 Å². The Hall–Kier alpha value is -1.73. The standard InChI is InChI=1S/C21H33F2N5/c1-24-21(25-12-16-6-4-10-27(2)13-16)26-17-7-5-11-28(14-17)15-18-19(22)8-3-9-20(18)23/h3,8-9,16-17H,4-7,10-15H2,1-2H3,(H2,24,25,26). The number of likely N-dealkylation sites (tertiary alicyclic amines) is 2. The van der Waals surface area contributed by atoms with E-state index in [1.807, 2.05) is 0 Å². The van der Waals surface area contributed by atoms with Crippen molar-refractivity contribution in [2.24, 2.45) is 10.9 Å². The second-order valence-electron chi connectivity index (χ2n) is 8.14. The van der Waals surface area contributed by atoms with Crippen LogP contribution in [0.15, 0.2) is 23.2 Å². The molecule has 1 aromatic carbocycles. The first-order valence-corrected chi connectivity index (χ1v) is 10.4. The van der Waals surface area contributed by atoms with Crippen LogP contribution in [0.3, 0.4) is 0 Å².